The number of anilines is 1. The lowest BCUT2D eigenvalue weighted by Gasteiger charge is -2.26. The van der Waals surface area contributed by atoms with Crippen molar-refractivity contribution in [3.63, 3.8) is 0 Å². The van der Waals surface area contributed by atoms with Crippen molar-refractivity contribution in [1.29, 1.82) is 0 Å². The summed E-state index contributed by atoms with van der Waals surface area (Å²) in [5, 5.41) is 3.58. The van der Waals surface area contributed by atoms with E-state index in [1.807, 2.05) is 26.8 Å². The second-order valence-electron chi connectivity index (χ2n) is 6.91. The van der Waals surface area contributed by atoms with E-state index in [1.54, 1.807) is 0 Å². The quantitative estimate of drug-likeness (QED) is 0.938. The number of nitrogens with zero attached hydrogens (tertiary/aromatic N) is 2. The molecule has 1 saturated heterocycles. The molecule has 6 heteroatoms. The number of ether oxygens (including phenoxy) is 1. The molecule has 1 aliphatic heterocycles. The number of thiazole rings is 1. The van der Waals surface area contributed by atoms with Crippen LogP contribution >= 0.6 is 11.3 Å². The van der Waals surface area contributed by atoms with E-state index in [1.165, 1.54) is 16.9 Å². The fraction of sp³-hybridized carbons (Fsp3) is 0.529. The van der Waals surface area contributed by atoms with E-state index in [2.05, 4.69) is 27.3 Å². The SMILES string of the molecule is CC(C)(C)C(=O)Nc1nc2ccc(CN3CCOCC3)cc2s1. The zero-order chi connectivity index (χ0) is 16.4. The summed E-state index contributed by atoms with van der Waals surface area (Å²) < 4.78 is 6.50. The van der Waals surface area contributed by atoms with Crippen molar-refractivity contribution in [3.05, 3.63) is 23.8 Å². The third kappa shape index (κ3) is 4.07. The fourth-order valence-electron chi connectivity index (χ4n) is 2.42. The molecule has 1 fully saturated rings. The Morgan fingerprint density at radius 2 is 2.09 bits per heavy atom. The molecule has 0 aliphatic carbocycles. The van der Waals surface area contributed by atoms with Crippen LogP contribution in [0.1, 0.15) is 26.3 Å². The molecule has 0 bridgehead atoms. The Labute approximate surface area is 140 Å². The average Bonchev–Trinajstić information content (AvgIpc) is 2.89. The third-order valence-corrected chi connectivity index (χ3v) is 4.80. The number of nitrogens with one attached hydrogen (secondary N) is 1. The van der Waals surface area contributed by atoms with Gasteiger partial charge in [-0.05, 0) is 17.7 Å². The number of morpholine rings is 1. The molecule has 3 rings (SSSR count). The van der Waals surface area contributed by atoms with Gasteiger partial charge in [0, 0.05) is 25.0 Å². The molecule has 1 N–H and O–H groups in total. The molecule has 124 valence electrons. The van der Waals surface area contributed by atoms with Gasteiger partial charge in [-0.3, -0.25) is 9.69 Å². The largest absolute Gasteiger partial charge is 0.379 e. The number of rotatable bonds is 3. The summed E-state index contributed by atoms with van der Waals surface area (Å²) in [6, 6.07) is 6.33. The summed E-state index contributed by atoms with van der Waals surface area (Å²) in [7, 11) is 0. The highest BCUT2D eigenvalue weighted by molar-refractivity contribution is 7.22. The molecule has 0 unspecified atom stereocenters. The minimum absolute atomic E-state index is 0.00917. The van der Waals surface area contributed by atoms with Crippen molar-refractivity contribution in [2.45, 2.75) is 27.3 Å². The van der Waals surface area contributed by atoms with Gasteiger partial charge in [0.25, 0.3) is 0 Å². The zero-order valence-electron chi connectivity index (χ0n) is 13.9. The van der Waals surface area contributed by atoms with Gasteiger partial charge >= 0.3 is 0 Å². The number of carbonyl (C=O) groups excluding carboxylic acids is 1. The van der Waals surface area contributed by atoms with Gasteiger partial charge in [-0.25, -0.2) is 4.98 Å². The molecule has 0 saturated carbocycles. The smallest absolute Gasteiger partial charge is 0.231 e. The van der Waals surface area contributed by atoms with Crippen molar-refractivity contribution >= 4 is 32.6 Å². The van der Waals surface area contributed by atoms with Crippen LogP contribution in [0.15, 0.2) is 18.2 Å². The van der Waals surface area contributed by atoms with Gasteiger partial charge < -0.3 is 10.1 Å². The first kappa shape index (κ1) is 16.4. The first-order chi connectivity index (χ1) is 10.9. The topological polar surface area (TPSA) is 54.5 Å². The van der Waals surface area contributed by atoms with E-state index in [0.717, 1.165) is 43.1 Å². The Bertz CT molecular complexity index is 699. The molecule has 2 aromatic rings. The predicted octanol–water partition coefficient (Wildman–Crippen LogP) is 3.11. The van der Waals surface area contributed by atoms with Crippen LogP contribution in [0.25, 0.3) is 10.2 Å². The van der Waals surface area contributed by atoms with E-state index < -0.39 is 5.41 Å². The molecule has 0 atom stereocenters. The van der Waals surface area contributed by atoms with Gasteiger partial charge in [0.1, 0.15) is 0 Å². The second-order valence-corrected chi connectivity index (χ2v) is 7.94. The number of amides is 1. The fourth-order valence-corrected chi connectivity index (χ4v) is 3.35. The van der Waals surface area contributed by atoms with E-state index in [-0.39, 0.29) is 5.91 Å². The van der Waals surface area contributed by atoms with Gasteiger partial charge in [0.2, 0.25) is 5.91 Å². The molecule has 1 amide bonds. The number of hydrogen-bond acceptors (Lipinski definition) is 5. The maximum Gasteiger partial charge on any atom is 0.231 e. The lowest BCUT2D eigenvalue weighted by molar-refractivity contribution is -0.123. The minimum Gasteiger partial charge on any atom is -0.379 e. The molecular formula is C17H23N3O2S. The van der Waals surface area contributed by atoms with Crippen LogP contribution in [0.4, 0.5) is 5.13 Å². The zero-order valence-corrected chi connectivity index (χ0v) is 14.7. The van der Waals surface area contributed by atoms with Crippen molar-refractivity contribution in [2.24, 2.45) is 5.41 Å². The van der Waals surface area contributed by atoms with Crippen molar-refractivity contribution in [2.75, 3.05) is 31.6 Å². The van der Waals surface area contributed by atoms with E-state index in [4.69, 9.17) is 4.74 Å². The summed E-state index contributed by atoms with van der Waals surface area (Å²) in [5.74, 6) is -0.00917. The third-order valence-electron chi connectivity index (χ3n) is 3.86. The highest BCUT2D eigenvalue weighted by atomic mass is 32.1. The molecule has 1 aliphatic rings. The summed E-state index contributed by atoms with van der Waals surface area (Å²) in [6.45, 7) is 10.2. The first-order valence-electron chi connectivity index (χ1n) is 7.93. The molecule has 1 aromatic heterocycles. The Morgan fingerprint density at radius 1 is 1.35 bits per heavy atom. The Hall–Kier alpha value is -1.50. The van der Waals surface area contributed by atoms with E-state index in [0.29, 0.717) is 5.13 Å². The Morgan fingerprint density at radius 3 is 2.78 bits per heavy atom. The molecule has 23 heavy (non-hydrogen) atoms. The lowest BCUT2D eigenvalue weighted by Crippen LogP contribution is -2.35. The molecule has 0 spiro atoms. The standard InChI is InChI=1S/C17H23N3O2S/c1-17(2,3)15(21)19-16-18-13-5-4-12(10-14(13)23-16)11-20-6-8-22-9-7-20/h4-5,10H,6-9,11H2,1-3H3,(H,18,19,21). The molecular weight excluding hydrogens is 310 g/mol. The number of aromatic nitrogens is 1. The van der Waals surface area contributed by atoms with Gasteiger partial charge in [-0.1, -0.05) is 38.2 Å². The normalized spacial score (nSPS) is 16.7. The van der Waals surface area contributed by atoms with Crippen molar-refractivity contribution in [1.82, 2.24) is 9.88 Å². The number of fused-ring (bicyclic) bond motifs is 1. The van der Waals surface area contributed by atoms with Crippen LogP contribution in [0.3, 0.4) is 0 Å². The maximum absolute atomic E-state index is 12.1. The summed E-state index contributed by atoms with van der Waals surface area (Å²) in [4.78, 5) is 19.0. The Balaban J connectivity index is 1.74. The summed E-state index contributed by atoms with van der Waals surface area (Å²) in [5.41, 5.74) is 1.79. The summed E-state index contributed by atoms with van der Waals surface area (Å²) in [6.07, 6.45) is 0. The number of hydrogen-bond donors (Lipinski definition) is 1. The van der Waals surface area contributed by atoms with Crippen molar-refractivity contribution < 1.29 is 9.53 Å². The lowest BCUT2D eigenvalue weighted by atomic mass is 9.96. The number of carbonyl (C=O) groups is 1. The van der Waals surface area contributed by atoms with Gasteiger partial charge in [-0.15, -0.1) is 0 Å². The first-order valence-corrected chi connectivity index (χ1v) is 8.74. The minimum atomic E-state index is -0.417. The monoisotopic (exact) mass is 333 g/mol. The van der Waals surface area contributed by atoms with E-state index in [9.17, 15) is 4.79 Å². The predicted molar refractivity (Wildman–Crippen MR) is 93.8 cm³/mol. The highest BCUT2D eigenvalue weighted by Crippen LogP contribution is 2.28. The average molecular weight is 333 g/mol. The van der Waals surface area contributed by atoms with Crippen LogP contribution in [-0.2, 0) is 16.1 Å². The highest BCUT2D eigenvalue weighted by Gasteiger charge is 2.22. The van der Waals surface area contributed by atoms with Crippen molar-refractivity contribution in [3.8, 4) is 0 Å². The van der Waals surface area contributed by atoms with Gasteiger partial charge in [-0.2, -0.15) is 0 Å². The van der Waals surface area contributed by atoms with Crippen LogP contribution in [-0.4, -0.2) is 42.1 Å². The molecule has 1 aromatic carbocycles. The number of benzene rings is 1. The van der Waals surface area contributed by atoms with Crippen LogP contribution in [0, 0.1) is 5.41 Å². The molecule has 2 heterocycles. The second kappa shape index (κ2) is 6.55. The van der Waals surface area contributed by atoms with Gasteiger partial charge in [0.05, 0.1) is 23.4 Å². The van der Waals surface area contributed by atoms with E-state index >= 15 is 0 Å². The Kier molecular flexibility index (Phi) is 4.66. The van der Waals surface area contributed by atoms with Crippen LogP contribution < -0.4 is 5.32 Å². The van der Waals surface area contributed by atoms with Crippen LogP contribution in [0.5, 0.6) is 0 Å². The summed E-state index contributed by atoms with van der Waals surface area (Å²) >= 11 is 1.53. The maximum atomic E-state index is 12.1. The van der Waals surface area contributed by atoms with Crippen LogP contribution in [0.2, 0.25) is 0 Å². The molecule has 5 nitrogen and oxygen atoms in total. The van der Waals surface area contributed by atoms with Gasteiger partial charge in [0.15, 0.2) is 5.13 Å². The molecule has 0 radical (unpaired) electrons.